The van der Waals surface area contributed by atoms with Crippen LogP contribution in [0.4, 0.5) is 10.5 Å². The number of benzene rings is 3. The molecule has 7 nitrogen and oxygen atoms in total. The first-order valence-corrected chi connectivity index (χ1v) is 12.5. The number of hydrogen-bond donors (Lipinski definition) is 2. The lowest BCUT2D eigenvalue weighted by Gasteiger charge is -2.36. The van der Waals surface area contributed by atoms with Gasteiger partial charge in [0.15, 0.2) is 0 Å². The van der Waals surface area contributed by atoms with E-state index in [2.05, 4.69) is 15.1 Å². The number of ether oxygens (including phenoxy) is 1. The van der Waals surface area contributed by atoms with Crippen molar-refractivity contribution in [1.82, 2.24) is 10.2 Å². The van der Waals surface area contributed by atoms with E-state index in [1.807, 2.05) is 24.3 Å². The maximum atomic E-state index is 12.3. The number of carbonyl (C=O) groups excluding carboxylic acids is 2. The van der Waals surface area contributed by atoms with Crippen molar-refractivity contribution in [3.05, 3.63) is 82.3 Å². The largest absolute Gasteiger partial charge is 0.412 e. The molecule has 1 aliphatic heterocycles. The monoisotopic (exact) mass is 526 g/mol. The normalized spacial score (nSPS) is 13.9. The molecular weight excluding hydrogens is 499 g/mol. The third kappa shape index (κ3) is 6.69. The van der Waals surface area contributed by atoms with Gasteiger partial charge in [-0.1, -0.05) is 53.5 Å². The third-order valence-electron chi connectivity index (χ3n) is 6.09. The highest BCUT2D eigenvalue weighted by Gasteiger charge is 2.19. The predicted octanol–water partition coefficient (Wildman–Crippen LogP) is 5.06. The smallest absolute Gasteiger partial charge is 0.410 e. The Hall–Kier alpha value is -3.26. The Labute approximate surface area is 220 Å². The van der Waals surface area contributed by atoms with E-state index in [1.165, 1.54) is 0 Å². The third-order valence-corrected chi connectivity index (χ3v) is 6.90. The van der Waals surface area contributed by atoms with Crippen LogP contribution < -0.4 is 20.7 Å². The summed E-state index contributed by atoms with van der Waals surface area (Å²) < 4.78 is 5.44. The molecule has 3 N–H and O–H groups in total. The summed E-state index contributed by atoms with van der Waals surface area (Å²) in [6, 6.07) is 19.9. The molecule has 36 heavy (non-hydrogen) atoms. The van der Waals surface area contributed by atoms with Crippen LogP contribution in [0.2, 0.25) is 10.0 Å². The van der Waals surface area contributed by atoms with Crippen molar-refractivity contribution in [2.75, 3.05) is 44.2 Å². The Kier molecular flexibility index (Phi) is 8.70. The molecular formula is C27H28Cl2N4O3. The van der Waals surface area contributed by atoms with Gasteiger partial charge in [0.25, 0.3) is 0 Å². The Morgan fingerprint density at radius 3 is 2.36 bits per heavy atom. The van der Waals surface area contributed by atoms with Gasteiger partial charge in [-0.25, -0.2) is 4.79 Å². The fraction of sp³-hybridized carbons (Fsp3) is 0.259. The molecule has 9 heteroatoms. The number of nitrogens with two attached hydrogens (primary N) is 1. The molecule has 0 radical (unpaired) electrons. The molecule has 1 saturated heterocycles. The van der Waals surface area contributed by atoms with Crippen molar-refractivity contribution in [3.8, 4) is 16.9 Å². The zero-order valence-electron chi connectivity index (χ0n) is 19.8. The maximum absolute atomic E-state index is 12.3. The van der Waals surface area contributed by atoms with E-state index in [4.69, 9.17) is 33.7 Å². The van der Waals surface area contributed by atoms with E-state index < -0.39 is 12.0 Å². The summed E-state index contributed by atoms with van der Waals surface area (Å²) in [6.07, 6.45) is 0.311. The molecule has 0 aromatic heterocycles. The molecule has 3 aromatic rings. The number of rotatable bonds is 8. The summed E-state index contributed by atoms with van der Waals surface area (Å²) in [6.45, 7) is 4.96. The second-order valence-electron chi connectivity index (χ2n) is 8.54. The molecule has 0 bridgehead atoms. The number of anilines is 1. The minimum Gasteiger partial charge on any atom is -0.410 e. The second-order valence-corrected chi connectivity index (χ2v) is 9.33. The fourth-order valence-electron chi connectivity index (χ4n) is 4.18. The van der Waals surface area contributed by atoms with Crippen LogP contribution in [0, 0.1) is 0 Å². The average molecular weight is 527 g/mol. The molecule has 3 aromatic carbocycles. The lowest BCUT2D eigenvalue weighted by atomic mass is 10.0. The van der Waals surface area contributed by atoms with Crippen LogP contribution in [0.5, 0.6) is 5.75 Å². The number of carbonyl (C=O) groups is 2. The maximum Gasteiger partial charge on any atom is 0.412 e. The van der Waals surface area contributed by atoms with Crippen molar-refractivity contribution in [2.24, 2.45) is 5.73 Å². The number of nitrogens with one attached hydrogen (secondary N) is 1. The summed E-state index contributed by atoms with van der Waals surface area (Å²) >= 11 is 12.5. The summed E-state index contributed by atoms with van der Waals surface area (Å²) in [5, 5.41) is 3.98. The van der Waals surface area contributed by atoms with Gasteiger partial charge in [0.05, 0.1) is 15.7 Å². The number of primary amides is 1. The molecule has 0 aliphatic carbocycles. The first-order valence-electron chi connectivity index (χ1n) is 11.8. The first kappa shape index (κ1) is 25.8. The highest BCUT2D eigenvalue weighted by Crippen LogP contribution is 2.33. The molecule has 0 atom stereocenters. The van der Waals surface area contributed by atoms with Crippen molar-refractivity contribution >= 4 is 40.9 Å². The molecule has 0 spiro atoms. The topological polar surface area (TPSA) is 87.9 Å². The predicted molar refractivity (Wildman–Crippen MR) is 144 cm³/mol. The van der Waals surface area contributed by atoms with Crippen LogP contribution in [0.3, 0.4) is 0 Å². The quantitative estimate of drug-likeness (QED) is 0.400. The summed E-state index contributed by atoms with van der Waals surface area (Å²) in [4.78, 5) is 28.3. The Bertz CT molecular complexity index is 1230. The minimum absolute atomic E-state index is 0.422. The number of amides is 2. The zero-order chi connectivity index (χ0) is 25.5. The van der Waals surface area contributed by atoms with E-state index >= 15 is 0 Å². The van der Waals surface area contributed by atoms with Crippen molar-refractivity contribution in [3.63, 3.8) is 0 Å². The minimum atomic E-state index is -0.501. The van der Waals surface area contributed by atoms with Gasteiger partial charge in [-0.15, -0.1) is 0 Å². The van der Waals surface area contributed by atoms with Crippen molar-refractivity contribution in [1.29, 1.82) is 0 Å². The van der Waals surface area contributed by atoms with Gasteiger partial charge >= 0.3 is 6.09 Å². The summed E-state index contributed by atoms with van der Waals surface area (Å²) in [5.74, 6) is -0.0682. The van der Waals surface area contributed by atoms with Crippen LogP contribution in [-0.4, -0.2) is 56.2 Å². The van der Waals surface area contributed by atoms with Gasteiger partial charge in [-0.3, -0.25) is 9.69 Å². The van der Waals surface area contributed by atoms with Gasteiger partial charge in [-0.05, 0) is 60.5 Å². The van der Waals surface area contributed by atoms with E-state index in [0.717, 1.165) is 56.0 Å². The molecule has 0 saturated carbocycles. The van der Waals surface area contributed by atoms with E-state index in [1.54, 1.807) is 42.5 Å². The number of hydrogen-bond acceptors (Lipinski definition) is 5. The molecule has 1 fully saturated rings. The average Bonchev–Trinajstić information content (AvgIpc) is 2.89. The molecule has 188 valence electrons. The highest BCUT2D eigenvalue weighted by molar-refractivity contribution is 6.43. The lowest BCUT2D eigenvalue weighted by Crippen LogP contribution is -2.47. The van der Waals surface area contributed by atoms with Gasteiger partial charge in [0.1, 0.15) is 5.75 Å². The van der Waals surface area contributed by atoms with Crippen LogP contribution >= 0.6 is 23.2 Å². The summed E-state index contributed by atoms with van der Waals surface area (Å²) in [7, 11) is 0. The fourth-order valence-corrected chi connectivity index (χ4v) is 4.59. The molecule has 2 amide bonds. The molecule has 1 heterocycles. The Balaban J connectivity index is 1.20. The SMILES string of the molecule is NC(=O)c1cccc(-c2cccc(OC(=O)NCCCN3CCN(c4cccc(Cl)c4Cl)CC3)c2)c1. The summed E-state index contributed by atoms with van der Waals surface area (Å²) in [5.41, 5.74) is 8.40. The van der Waals surface area contributed by atoms with Crippen LogP contribution in [-0.2, 0) is 0 Å². The van der Waals surface area contributed by atoms with E-state index in [9.17, 15) is 9.59 Å². The number of piperazine rings is 1. The van der Waals surface area contributed by atoms with Gasteiger partial charge in [0.2, 0.25) is 5.91 Å². The second kappa shape index (κ2) is 12.1. The van der Waals surface area contributed by atoms with E-state index in [-0.39, 0.29) is 0 Å². The standard InChI is InChI=1S/C27H28Cl2N4O3/c28-23-9-3-10-24(25(23)29)33-15-13-32(14-16-33)12-4-11-31-27(35)36-22-8-2-6-20(18-22)19-5-1-7-21(17-19)26(30)34/h1-3,5-10,17-18H,4,11-16H2,(H2,30,34)(H,31,35). The number of halogens is 2. The first-order chi connectivity index (χ1) is 17.4. The van der Waals surface area contributed by atoms with Crippen molar-refractivity contribution in [2.45, 2.75) is 6.42 Å². The Morgan fingerprint density at radius 1 is 0.917 bits per heavy atom. The van der Waals surface area contributed by atoms with Crippen molar-refractivity contribution < 1.29 is 14.3 Å². The van der Waals surface area contributed by atoms with Crippen LogP contribution in [0.15, 0.2) is 66.7 Å². The number of nitrogens with zero attached hydrogens (tertiary/aromatic N) is 2. The van der Waals surface area contributed by atoms with Crippen LogP contribution in [0.25, 0.3) is 11.1 Å². The molecule has 0 unspecified atom stereocenters. The van der Waals surface area contributed by atoms with Crippen LogP contribution in [0.1, 0.15) is 16.8 Å². The van der Waals surface area contributed by atoms with Gasteiger partial charge in [0, 0.05) is 38.3 Å². The highest BCUT2D eigenvalue weighted by atomic mass is 35.5. The molecule has 1 aliphatic rings. The van der Waals surface area contributed by atoms with Gasteiger partial charge in [-0.2, -0.15) is 0 Å². The zero-order valence-corrected chi connectivity index (χ0v) is 21.3. The lowest BCUT2D eigenvalue weighted by molar-refractivity contribution is 0.1000. The molecule has 4 rings (SSSR count). The van der Waals surface area contributed by atoms with Gasteiger partial charge < -0.3 is 20.7 Å². The Morgan fingerprint density at radius 2 is 1.61 bits per heavy atom. The van der Waals surface area contributed by atoms with E-state index in [0.29, 0.717) is 27.9 Å².